The summed E-state index contributed by atoms with van der Waals surface area (Å²) in [7, 11) is 3.25. The molecular formula is C20H23N7O2S. The molecule has 0 aliphatic carbocycles. The largest absolute Gasteiger partial charge is 0.493 e. The van der Waals surface area contributed by atoms with Crippen molar-refractivity contribution in [3.05, 3.63) is 41.2 Å². The molecule has 0 unspecified atom stereocenters. The number of aryl methyl sites for hydroxylation is 2. The van der Waals surface area contributed by atoms with Gasteiger partial charge in [-0.05, 0) is 31.5 Å². The lowest BCUT2D eigenvalue weighted by atomic mass is 10.2. The van der Waals surface area contributed by atoms with Crippen molar-refractivity contribution < 1.29 is 9.47 Å². The zero-order valence-electron chi connectivity index (χ0n) is 17.3. The van der Waals surface area contributed by atoms with Crippen molar-refractivity contribution in [3.63, 3.8) is 0 Å². The summed E-state index contributed by atoms with van der Waals surface area (Å²) in [5, 5.41) is 9.31. The Balaban J connectivity index is 1.65. The number of hydrogen-bond donors (Lipinski definition) is 2. The van der Waals surface area contributed by atoms with Crippen LogP contribution >= 0.6 is 11.3 Å². The van der Waals surface area contributed by atoms with Crippen LogP contribution in [0.15, 0.2) is 29.9 Å². The Morgan fingerprint density at radius 1 is 1.10 bits per heavy atom. The fourth-order valence-corrected chi connectivity index (χ4v) is 3.76. The van der Waals surface area contributed by atoms with Crippen LogP contribution < -0.4 is 20.1 Å². The molecule has 1 aromatic carbocycles. The number of anilines is 3. The number of methoxy groups -OCH3 is 2. The van der Waals surface area contributed by atoms with E-state index in [-0.39, 0.29) is 0 Å². The molecule has 4 aromatic rings. The van der Waals surface area contributed by atoms with Crippen LogP contribution in [-0.2, 0) is 13.1 Å². The van der Waals surface area contributed by atoms with Gasteiger partial charge in [0.05, 0.1) is 26.2 Å². The molecular weight excluding hydrogens is 402 g/mol. The molecule has 0 saturated heterocycles. The summed E-state index contributed by atoms with van der Waals surface area (Å²) in [4.78, 5) is 18.1. The monoisotopic (exact) mass is 425 g/mol. The van der Waals surface area contributed by atoms with Gasteiger partial charge in [-0.15, -0.1) is 11.3 Å². The minimum absolute atomic E-state index is 0.452. The molecule has 0 saturated carbocycles. The third-order valence-corrected chi connectivity index (χ3v) is 5.43. The average molecular weight is 426 g/mol. The Bertz CT molecular complexity index is 1170. The minimum atomic E-state index is 0.452. The Morgan fingerprint density at radius 2 is 1.93 bits per heavy atom. The van der Waals surface area contributed by atoms with Crippen molar-refractivity contribution >= 4 is 39.4 Å². The van der Waals surface area contributed by atoms with Gasteiger partial charge in [0.1, 0.15) is 5.52 Å². The zero-order chi connectivity index (χ0) is 21.1. The summed E-state index contributed by atoms with van der Waals surface area (Å²) >= 11 is 1.51. The van der Waals surface area contributed by atoms with E-state index in [1.54, 1.807) is 20.5 Å². The lowest BCUT2D eigenvalue weighted by molar-refractivity contribution is 0.354. The zero-order valence-corrected chi connectivity index (χ0v) is 18.1. The number of fused-ring (bicyclic) bond motifs is 1. The van der Waals surface area contributed by atoms with Gasteiger partial charge in [-0.3, -0.25) is 5.32 Å². The van der Waals surface area contributed by atoms with Gasteiger partial charge in [0.15, 0.2) is 28.1 Å². The number of nitrogens with one attached hydrogen (secondary N) is 2. The van der Waals surface area contributed by atoms with Gasteiger partial charge >= 0.3 is 0 Å². The van der Waals surface area contributed by atoms with Crippen molar-refractivity contribution in [1.82, 2.24) is 24.5 Å². The smallest absolute Gasteiger partial charge is 0.233 e. The van der Waals surface area contributed by atoms with Gasteiger partial charge in [-0.25, -0.2) is 9.97 Å². The minimum Gasteiger partial charge on any atom is -0.493 e. The second-order valence-corrected chi connectivity index (χ2v) is 7.42. The summed E-state index contributed by atoms with van der Waals surface area (Å²) in [6.07, 6.45) is 1.78. The van der Waals surface area contributed by atoms with Gasteiger partial charge in [0.2, 0.25) is 5.95 Å². The second kappa shape index (κ2) is 8.54. The average Bonchev–Trinajstić information content (AvgIpc) is 3.37. The molecule has 0 fully saturated rings. The lowest BCUT2D eigenvalue weighted by Gasteiger charge is -2.12. The van der Waals surface area contributed by atoms with Gasteiger partial charge in [-0.2, -0.15) is 9.97 Å². The van der Waals surface area contributed by atoms with Crippen molar-refractivity contribution in [2.24, 2.45) is 0 Å². The molecule has 2 N–H and O–H groups in total. The van der Waals surface area contributed by atoms with Crippen LogP contribution in [0.2, 0.25) is 0 Å². The van der Waals surface area contributed by atoms with Crippen LogP contribution in [0.1, 0.15) is 18.2 Å². The maximum absolute atomic E-state index is 5.40. The van der Waals surface area contributed by atoms with Crippen LogP contribution in [-0.4, -0.2) is 38.7 Å². The van der Waals surface area contributed by atoms with E-state index < -0.39 is 0 Å². The first kappa shape index (κ1) is 19.9. The Hall–Kier alpha value is -3.40. The maximum atomic E-state index is 5.40. The van der Waals surface area contributed by atoms with E-state index in [1.165, 1.54) is 11.3 Å². The fourth-order valence-electron chi connectivity index (χ4n) is 3.08. The van der Waals surface area contributed by atoms with Crippen LogP contribution in [0.5, 0.6) is 11.5 Å². The van der Waals surface area contributed by atoms with E-state index in [1.807, 2.05) is 35.1 Å². The van der Waals surface area contributed by atoms with Gasteiger partial charge < -0.3 is 19.4 Å². The number of nitrogens with zero attached hydrogens (tertiary/aromatic N) is 5. The molecule has 9 nitrogen and oxygen atoms in total. The fraction of sp³-hybridized carbons (Fsp3) is 0.300. The third kappa shape index (κ3) is 3.99. The molecule has 0 radical (unpaired) electrons. The molecule has 10 heteroatoms. The molecule has 156 valence electrons. The number of thiazole rings is 1. The molecule has 0 spiro atoms. The predicted molar refractivity (Wildman–Crippen MR) is 118 cm³/mol. The SMILES string of the molecule is CCn1cnc2nc(Nc3nc(C)cs3)nc(NCc3ccc(OC)c(OC)c3)c21. The molecule has 3 heterocycles. The van der Waals surface area contributed by atoms with Crippen molar-refractivity contribution in [2.75, 3.05) is 24.9 Å². The summed E-state index contributed by atoms with van der Waals surface area (Å²) in [5.74, 6) is 2.53. The number of hydrogen-bond acceptors (Lipinski definition) is 9. The number of imidazole rings is 1. The van der Waals surface area contributed by atoms with Crippen LogP contribution in [0.4, 0.5) is 16.9 Å². The highest BCUT2D eigenvalue weighted by Crippen LogP contribution is 2.29. The van der Waals surface area contributed by atoms with Crippen molar-refractivity contribution in [3.8, 4) is 11.5 Å². The first-order chi connectivity index (χ1) is 14.6. The summed E-state index contributed by atoms with van der Waals surface area (Å²) in [6.45, 7) is 5.33. The molecule has 4 rings (SSSR count). The van der Waals surface area contributed by atoms with Crippen LogP contribution in [0.3, 0.4) is 0 Å². The predicted octanol–water partition coefficient (Wildman–Crippen LogP) is 3.98. The van der Waals surface area contributed by atoms with E-state index in [0.717, 1.165) is 28.5 Å². The van der Waals surface area contributed by atoms with Gasteiger partial charge in [0.25, 0.3) is 0 Å². The summed E-state index contributed by atoms with van der Waals surface area (Å²) in [6, 6.07) is 5.82. The van der Waals surface area contributed by atoms with Gasteiger partial charge in [-0.1, -0.05) is 6.07 Å². The van der Waals surface area contributed by atoms with Crippen molar-refractivity contribution in [1.29, 1.82) is 0 Å². The number of rotatable bonds is 8. The third-order valence-electron chi connectivity index (χ3n) is 4.56. The standard InChI is InChI=1S/C20H23N7O2S/c1-5-27-11-22-18-16(27)17(24-19(25-18)26-20-23-12(2)10-30-20)21-9-13-6-7-14(28-3)15(8-13)29-4/h6-8,10-11H,5,9H2,1-4H3,(H2,21,23,24,25,26). The van der Waals surface area contributed by atoms with E-state index in [9.17, 15) is 0 Å². The highest BCUT2D eigenvalue weighted by atomic mass is 32.1. The number of benzene rings is 1. The molecule has 0 aliphatic rings. The highest BCUT2D eigenvalue weighted by molar-refractivity contribution is 7.13. The molecule has 0 amide bonds. The second-order valence-electron chi connectivity index (χ2n) is 6.56. The quantitative estimate of drug-likeness (QED) is 0.437. The highest BCUT2D eigenvalue weighted by Gasteiger charge is 2.14. The summed E-state index contributed by atoms with van der Waals surface area (Å²) in [5.41, 5.74) is 3.47. The summed E-state index contributed by atoms with van der Waals surface area (Å²) < 4.78 is 12.7. The Kier molecular flexibility index (Phi) is 5.66. The number of ether oxygens (including phenoxy) is 2. The van der Waals surface area contributed by atoms with E-state index in [4.69, 9.17) is 14.5 Å². The van der Waals surface area contributed by atoms with Crippen molar-refractivity contribution in [2.45, 2.75) is 26.9 Å². The Labute approximate surface area is 178 Å². The van der Waals surface area contributed by atoms with Crippen LogP contribution in [0, 0.1) is 6.92 Å². The first-order valence-electron chi connectivity index (χ1n) is 9.48. The normalized spacial score (nSPS) is 10.9. The van der Waals surface area contributed by atoms with Crippen LogP contribution in [0.25, 0.3) is 11.2 Å². The lowest BCUT2D eigenvalue weighted by Crippen LogP contribution is -2.08. The first-order valence-corrected chi connectivity index (χ1v) is 10.4. The van der Waals surface area contributed by atoms with E-state index >= 15 is 0 Å². The molecule has 0 aliphatic heterocycles. The Morgan fingerprint density at radius 3 is 2.63 bits per heavy atom. The topological polar surface area (TPSA) is 99.0 Å². The van der Waals surface area contributed by atoms with E-state index in [2.05, 4.69) is 32.5 Å². The van der Waals surface area contributed by atoms with Gasteiger partial charge in [0, 0.05) is 18.5 Å². The maximum Gasteiger partial charge on any atom is 0.233 e. The molecule has 0 atom stereocenters. The molecule has 30 heavy (non-hydrogen) atoms. The molecule has 3 aromatic heterocycles. The van der Waals surface area contributed by atoms with E-state index in [0.29, 0.717) is 35.5 Å². The number of aromatic nitrogens is 5. The molecule has 0 bridgehead atoms.